The second-order valence-corrected chi connectivity index (χ2v) is 5.23. The van der Waals surface area contributed by atoms with Crippen molar-refractivity contribution >= 4 is 0 Å². The van der Waals surface area contributed by atoms with Gasteiger partial charge in [0.1, 0.15) is 0 Å². The Bertz CT molecular complexity index is 332. The van der Waals surface area contributed by atoms with Crippen molar-refractivity contribution in [3.8, 4) is 0 Å². The molecule has 1 saturated carbocycles. The van der Waals surface area contributed by atoms with Crippen LogP contribution in [0.15, 0.2) is 30.3 Å². The average molecular weight is 249 g/mol. The van der Waals surface area contributed by atoms with E-state index in [0.717, 1.165) is 31.2 Å². The van der Waals surface area contributed by atoms with Crippen LogP contribution in [-0.4, -0.2) is 17.3 Å². The summed E-state index contributed by atoms with van der Waals surface area (Å²) in [5, 5.41) is 10.4. The minimum atomic E-state index is -0.576. The number of hydrogen-bond acceptors (Lipinski definition) is 3. The van der Waals surface area contributed by atoms with Crippen molar-refractivity contribution in [1.29, 1.82) is 0 Å². The fourth-order valence-electron chi connectivity index (χ4n) is 2.46. The van der Waals surface area contributed by atoms with E-state index in [9.17, 15) is 5.11 Å². The van der Waals surface area contributed by atoms with Gasteiger partial charge in [0.15, 0.2) is 0 Å². The highest BCUT2D eigenvalue weighted by molar-refractivity contribution is 5.13. The molecule has 3 heteroatoms. The highest BCUT2D eigenvalue weighted by Gasteiger charge is 2.27. The monoisotopic (exact) mass is 249 g/mol. The van der Waals surface area contributed by atoms with Gasteiger partial charge < -0.3 is 5.11 Å². The molecule has 0 atom stereocenters. The van der Waals surface area contributed by atoms with E-state index < -0.39 is 5.60 Å². The van der Waals surface area contributed by atoms with Gasteiger partial charge in [0.2, 0.25) is 0 Å². The molecule has 1 aromatic carbocycles. The first kappa shape index (κ1) is 13.5. The van der Waals surface area contributed by atoms with Gasteiger partial charge >= 0.3 is 0 Å². The summed E-state index contributed by atoms with van der Waals surface area (Å²) in [7, 11) is 0. The van der Waals surface area contributed by atoms with Crippen LogP contribution in [0.1, 0.15) is 44.1 Å². The van der Waals surface area contributed by atoms with Crippen LogP contribution in [-0.2, 0) is 11.4 Å². The summed E-state index contributed by atoms with van der Waals surface area (Å²) in [4.78, 5) is 5.42. The van der Waals surface area contributed by atoms with Gasteiger partial charge in [-0.1, -0.05) is 56.0 Å². The van der Waals surface area contributed by atoms with Crippen LogP contribution < -0.4 is 5.48 Å². The van der Waals surface area contributed by atoms with Gasteiger partial charge in [-0.3, -0.25) is 4.84 Å². The van der Waals surface area contributed by atoms with Gasteiger partial charge in [-0.15, -0.1) is 0 Å². The third kappa shape index (κ3) is 4.41. The molecule has 2 N–H and O–H groups in total. The van der Waals surface area contributed by atoms with Crippen molar-refractivity contribution in [1.82, 2.24) is 5.48 Å². The van der Waals surface area contributed by atoms with Crippen molar-refractivity contribution in [2.24, 2.45) is 0 Å². The van der Waals surface area contributed by atoms with Crippen molar-refractivity contribution in [3.63, 3.8) is 0 Å². The van der Waals surface area contributed by atoms with Crippen molar-refractivity contribution in [2.75, 3.05) is 6.54 Å². The first-order valence-electron chi connectivity index (χ1n) is 6.89. The zero-order valence-electron chi connectivity index (χ0n) is 10.9. The molecule has 2 rings (SSSR count). The Kier molecular flexibility index (Phi) is 5.17. The summed E-state index contributed by atoms with van der Waals surface area (Å²) < 4.78 is 0. The predicted molar refractivity (Wildman–Crippen MR) is 71.9 cm³/mol. The Morgan fingerprint density at radius 3 is 2.39 bits per heavy atom. The van der Waals surface area contributed by atoms with Gasteiger partial charge in [0, 0.05) is 6.54 Å². The Hall–Kier alpha value is -0.900. The standard InChI is InChI=1S/C15H23NO2/c17-15(10-6-1-2-7-11-15)13-16-18-12-14-8-4-3-5-9-14/h3-5,8-9,16-17H,1-2,6-7,10-13H2. The molecule has 0 unspecified atom stereocenters. The molecule has 0 heterocycles. The molecular formula is C15H23NO2. The van der Waals surface area contributed by atoms with Gasteiger partial charge in [0.25, 0.3) is 0 Å². The lowest BCUT2D eigenvalue weighted by atomic mass is 9.95. The average Bonchev–Trinajstić information content (AvgIpc) is 2.61. The minimum Gasteiger partial charge on any atom is -0.388 e. The lowest BCUT2D eigenvalue weighted by Crippen LogP contribution is -2.40. The number of benzene rings is 1. The number of nitrogens with one attached hydrogen (secondary N) is 1. The number of hydroxylamine groups is 1. The highest BCUT2D eigenvalue weighted by Crippen LogP contribution is 2.26. The Balaban J connectivity index is 1.68. The van der Waals surface area contributed by atoms with Crippen LogP contribution in [0, 0.1) is 0 Å². The van der Waals surface area contributed by atoms with Gasteiger partial charge in [-0.05, 0) is 18.4 Å². The highest BCUT2D eigenvalue weighted by atomic mass is 16.6. The maximum absolute atomic E-state index is 10.4. The lowest BCUT2D eigenvalue weighted by Gasteiger charge is -2.26. The Labute approximate surface area is 109 Å². The van der Waals surface area contributed by atoms with E-state index in [4.69, 9.17) is 4.84 Å². The first-order valence-corrected chi connectivity index (χ1v) is 6.89. The molecule has 1 aliphatic rings. The number of rotatable bonds is 5. The molecule has 0 spiro atoms. The van der Waals surface area contributed by atoms with Crippen molar-refractivity contribution < 1.29 is 9.94 Å². The van der Waals surface area contributed by atoms with Gasteiger partial charge in [-0.25, -0.2) is 0 Å². The van der Waals surface area contributed by atoms with E-state index in [1.807, 2.05) is 30.3 Å². The second-order valence-electron chi connectivity index (χ2n) is 5.23. The third-order valence-corrected chi connectivity index (χ3v) is 3.62. The van der Waals surface area contributed by atoms with E-state index in [0.29, 0.717) is 13.2 Å². The lowest BCUT2D eigenvalue weighted by molar-refractivity contribution is -0.0458. The van der Waals surface area contributed by atoms with Crippen molar-refractivity contribution in [2.45, 2.75) is 50.7 Å². The molecular weight excluding hydrogens is 226 g/mol. The Morgan fingerprint density at radius 1 is 1.06 bits per heavy atom. The van der Waals surface area contributed by atoms with E-state index in [1.165, 1.54) is 12.8 Å². The fourth-order valence-corrected chi connectivity index (χ4v) is 2.46. The van der Waals surface area contributed by atoms with Crippen molar-refractivity contribution in [3.05, 3.63) is 35.9 Å². The van der Waals surface area contributed by atoms with E-state index >= 15 is 0 Å². The van der Waals surface area contributed by atoms with E-state index in [2.05, 4.69) is 5.48 Å². The molecule has 0 aliphatic heterocycles. The summed E-state index contributed by atoms with van der Waals surface area (Å²) in [5.74, 6) is 0. The van der Waals surface area contributed by atoms with Crippen LogP contribution in [0.4, 0.5) is 0 Å². The topological polar surface area (TPSA) is 41.5 Å². The third-order valence-electron chi connectivity index (χ3n) is 3.62. The smallest absolute Gasteiger partial charge is 0.0933 e. The van der Waals surface area contributed by atoms with Gasteiger partial charge in [-0.2, -0.15) is 5.48 Å². The molecule has 0 bridgehead atoms. The quantitative estimate of drug-likeness (QED) is 0.479. The molecule has 0 amide bonds. The summed E-state index contributed by atoms with van der Waals surface area (Å²) >= 11 is 0. The first-order chi connectivity index (χ1) is 8.79. The van der Waals surface area contributed by atoms with E-state index in [1.54, 1.807) is 0 Å². The summed E-state index contributed by atoms with van der Waals surface area (Å²) in [6.45, 7) is 1.07. The molecule has 100 valence electrons. The number of aliphatic hydroxyl groups is 1. The largest absolute Gasteiger partial charge is 0.388 e. The van der Waals surface area contributed by atoms with Crippen LogP contribution >= 0.6 is 0 Å². The molecule has 1 aromatic rings. The molecule has 1 aliphatic carbocycles. The van der Waals surface area contributed by atoms with Crippen LogP contribution in [0.3, 0.4) is 0 Å². The summed E-state index contributed by atoms with van der Waals surface area (Å²) in [5.41, 5.74) is 3.48. The summed E-state index contributed by atoms with van der Waals surface area (Å²) in [6.07, 6.45) is 6.50. The molecule has 3 nitrogen and oxygen atoms in total. The Morgan fingerprint density at radius 2 is 1.72 bits per heavy atom. The zero-order chi connectivity index (χ0) is 12.7. The summed E-state index contributed by atoms with van der Waals surface area (Å²) in [6, 6.07) is 10.0. The number of hydrogen-bond donors (Lipinski definition) is 2. The molecule has 0 saturated heterocycles. The maximum Gasteiger partial charge on any atom is 0.0933 e. The molecule has 1 fully saturated rings. The SMILES string of the molecule is OC1(CNOCc2ccccc2)CCCCCC1. The maximum atomic E-state index is 10.4. The molecule has 18 heavy (non-hydrogen) atoms. The van der Waals surface area contributed by atoms with Crippen LogP contribution in [0.5, 0.6) is 0 Å². The van der Waals surface area contributed by atoms with E-state index in [-0.39, 0.29) is 0 Å². The second kappa shape index (κ2) is 6.88. The minimum absolute atomic E-state index is 0.528. The molecule has 0 aromatic heterocycles. The normalized spacial score (nSPS) is 19.4. The van der Waals surface area contributed by atoms with Gasteiger partial charge in [0.05, 0.1) is 12.2 Å². The fraction of sp³-hybridized carbons (Fsp3) is 0.600. The zero-order valence-corrected chi connectivity index (χ0v) is 10.9. The van der Waals surface area contributed by atoms with Crippen LogP contribution in [0.25, 0.3) is 0 Å². The molecule has 0 radical (unpaired) electrons. The predicted octanol–water partition coefficient (Wildman–Crippen LogP) is 2.79. The van der Waals surface area contributed by atoms with Crippen LogP contribution in [0.2, 0.25) is 0 Å².